The van der Waals surface area contributed by atoms with Crippen molar-refractivity contribution < 1.29 is 33.3 Å². The minimum atomic E-state index is -0.880. The molecule has 1 atom stereocenters. The third-order valence-electron chi connectivity index (χ3n) is 6.25. The summed E-state index contributed by atoms with van der Waals surface area (Å²) in [5.41, 5.74) is 0.921. The van der Waals surface area contributed by atoms with E-state index in [0.717, 1.165) is 6.42 Å². The van der Waals surface area contributed by atoms with Crippen molar-refractivity contribution in [2.24, 2.45) is 5.92 Å². The average molecular weight is 506 g/mol. The van der Waals surface area contributed by atoms with Gasteiger partial charge in [-0.25, -0.2) is 0 Å². The van der Waals surface area contributed by atoms with E-state index in [4.69, 9.17) is 18.6 Å². The molecule has 1 amide bonds. The topological polar surface area (TPSA) is 98.4 Å². The van der Waals surface area contributed by atoms with Crippen molar-refractivity contribution >= 4 is 17.4 Å². The number of methoxy groups -OCH3 is 2. The maximum Gasteiger partial charge on any atom is 0.296 e. The van der Waals surface area contributed by atoms with E-state index in [0.29, 0.717) is 46.7 Å². The summed E-state index contributed by atoms with van der Waals surface area (Å²) in [6.07, 6.45) is 2.39. The Labute approximate surface area is 216 Å². The smallest absolute Gasteiger partial charge is 0.296 e. The lowest BCUT2D eigenvalue weighted by Gasteiger charge is -2.25. The Morgan fingerprint density at radius 2 is 1.84 bits per heavy atom. The number of hydrogen-bond donors (Lipinski definition) is 1. The van der Waals surface area contributed by atoms with Crippen molar-refractivity contribution in [2.75, 3.05) is 20.8 Å². The van der Waals surface area contributed by atoms with Crippen molar-refractivity contribution in [3.05, 3.63) is 83.3 Å². The predicted octanol–water partition coefficient (Wildman–Crippen LogP) is 5.34. The van der Waals surface area contributed by atoms with Gasteiger partial charge in [-0.15, -0.1) is 0 Å². The Bertz CT molecular complexity index is 1290. The summed E-state index contributed by atoms with van der Waals surface area (Å²) in [5.74, 6) is 0.719. The number of hydrogen-bond acceptors (Lipinski definition) is 7. The van der Waals surface area contributed by atoms with Crippen LogP contribution in [-0.2, 0) is 16.1 Å². The normalized spacial score (nSPS) is 16.9. The number of benzene rings is 2. The molecule has 0 saturated carbocycles. The molecule has 1 N–H and O–H groups in total. The number of Topliss-reactive ketones (excluding diaryl/α,β-unsaturated/α-hetero) is 1. The molecule has 1 aromatic heterocycles. The number of ether oxygens (including phenoxy) is 3. The summed E-state index contributed by atoms with van der Waals surface area (Å²) in [5, 5.41) is 11.3. The highest BCUT2D eigenvalue weighted by Gasteiger charge is 2.46. The lowest BCUT2D eigenvalue weighted by Crippen LogP contribution is -2.29. The fraction of sp³-hybridized carbons (Fsp3) is 0.310. The molecule has 0 spiro atoms. The highest BCUT2D eigenvalue weighted by molar-refractivity contribution is 6.46. The van der Waals surface area contributed by atoms with Crippen LogP contribution in [0, 0.1) is 5.92 Å². The van der Waals surface area contributed by atoms with Crippen LogP contribution < -0.4 is 14.2 Å². The lowest BCUT2D eigenvalue weighted by atomic mass is 9.95. The van der Waals surface area contributed by atoms with E-state index in [-0.39, 0.29) is 17.9 Å². The number of aliphatic hydroxyl groups is 1. The monoisotopic (exact) mass is 505 g/mol. The van der Waals surface area contributed by atoms with Gasteiger partial charge in [-0.05, 0) is 54.3 Å². The molecule has 37 heavy (non-hydrogen) atoms. The summed E-state index contributed by atoms with van der Waals surface area (Å²) in [4.78, 5) is 27.9. The second-order valence-corrected chi connectivity index (χ2v) is 9.18. The molecule has 4 rings (SSSR count). The third kappa shape index (κ3) is 5.48. The molecule has 1 fully saturated rings. The minimum absolute atomic E-state index is 0.0275. The van der Waals surface area contributed by atoms with E-state index < -0.39 is 17.7 Å². The molecule has 1 aliphatic rings. The predicted molar refractivity (Wildman–Crippen MR) is 137 cm³/mol. The summed E-state index contributed by atoms with van der Waals surface area (Å²) in [6.45, 7) is 4.81. The number of furan rings is 1. The molecule has 0 bridgehead atoms. The number of nitrogens with zero attached hydrogens (tertiary/aromatic N) is 1. The van der Waals surface area contributed by atoms with Crippen molar-refractivity contribution in [3.8, 4) is 17.2 Å². The molecule has 1 unspecified atom stereocenters. The number of carbonyl (C=O) groups excluding carboxylic acids is 2. The van der Waals surface area contributed by atoms with Gasteiger partial charge in [0.05, 0.1) is 45.2 Å². The second kappa shape index (κ2) is 11.2. The van der Waals surface area contributed by atoms with Gasteiger partial charge in [0.25, 0.3) is 11.7 Å². The largest absolute Gasteiger partial charge is 0.507 e. The highest BCUT2D eigenvalue weighted by Crippen LogP contribution is 2.43. The Morgan fingerprint density at radius 1 is 1.03 bits per heavy atom. The van der Waals surface area contributed by atoms with Crippen molar-refractivity contribution in [2.45, 2.75) is 32.9 Å². The van der Waals surface area contributed by atoms with E-state index in [1.807, 2.05) is 0 Å². The molecule has 0 radical (unpaired) electrons. The van der Waals surface area contributed by atoms with E-state index in [1.165, 1.54) is 25.4 Å². The van der Waals surface area contributed by atoms with Crippen molar-refractivity contribution in [1.29, 1.82) is 0 Å². The van der Waals surface area contributed by atoms with Crippen molar-refractivity contribution in [3.63, 3.8) is 0 Å². The standard InChI is InChI=1S/C29H31NO7/c1-18(2)12-14-37-23-11-10-19(16-24(23)35-4)26-25(27(31)20-7-5-8-21(15-20)34-3)28(32)29(33)30(26)17-22-9-6-13-36-22/h5-11,13,15-16,18,26,31H,12,14,17H2,1-4H3/b27-25+. The zero-order valence-corrected chi connectivity index (χ0v) is 21.4. The molecule has 1 saturated heterocycles. The van der Waals surface area contributed by atoms with Crippen LogP contribution in [-0.4, -0.2) is 42.5 Å². The number of likely N-dealkylation sites (tertiary alicyclic amines) is 1. The van der Waals surface area contributed by atoms with Gasteiger partial charge in [0.15, 0.2) is 11.5 Å². The van der Waals surface area contributed by atoms with Crippen LogP contribution in [0.1, 0.15) is 43.2 Å². The molecule has 194 valence electrons. The first-order chi connectivity index (χ1) is 17.8. The van der Waals surface area contributed by atoms with E-state index in [9.17, 15) is 14.7 Å². The summed E-state index contributed by atoms with van der Waals surface area (Å²) < 4.78 is 22.2. The zero-order valence-electron chi connectivity index (χ0n) is 21.4. The fourth-order valence-electron chi connectivity index (χ4n) is 4.26. The quantitative estimate of drug-likeness (QED) is 0.225. The summed E-state index contributed by atoms with van der Waals surface area (Å²) in [7, 11) is 3.04. The number of amides is 1. The molecule has 8 heteroatoms. The van der Waals surface area contributed by atoms with Gasteiger partial charge in [-0.3, -0.25) is 9.59 Å². The Hall–Kier alpha value is -4.20. The maximum atomic E-state index is 13.3. The van der Waals surface area contributed by atoms with Crippen LogP contribution in [0.15, 0.2) is 70.9 Å². The number of rotatable bonds is 10. The second-order valence-electron chi connectivity index (χ2n) is 9.18. The highest BCUT2D eigenvalue weighted by atomic mass is 16.5. The molecule has 2 heterocycles. The van der Waals surface area contributed by atoms with Gasteiger partial charge in [-0.2, -0.15) is 0 Å². The molecule has 0 aliphatic carbocycles. The van der Waals surface area contributed by atoms with E-state index in [2.05, 4.69) is 13.8 Å². The molecule has 8 nitrogen and oxygen atoms in total. The van der Waals surface area contributed by atoms with Gasteiger partial charge < -0.3 is 28.6 Å². The SMILES string of the molecule is COc1cccc(/C(O)=C2\C(=O)C(=O)N(Cc3ccco3)C2c2ccc(OCCC(C)C)c(OC)c2)c1. The van der Waals surface area contributed by atoms with Crippen LogP contribution in [0.25, 0.3) is 5.76 Å². The Morgan fingerprint density at radius 3 is 2.51 bits per heavy atom. The first-order valence-electron chi connectivity index (χ1n) is 12.1. The lowest BCUT2D eigenvalue weighted by molar-refractivity contribution is -0.140. The Kier molecular flexibility index (Phi) is 7.86. The van der Waals surface area contributed by atoms with Gasteiger partial charge in [-0.1, -0.05) is 32.0 Å². The molecular weight excluding hydrogens is 474 g/mol. The van der Waals surface area contributed by atoms with E-state index >= 15 is 0 Å². The first-order valence-corrected chi connectivity index (χ1v) is 12.1. The zero-order chi connectivity index (χ0) is 26.5. The van der Waals surface area contributed by atoms with Crippen LogP contribution in [0.3, 0.4) is 0 Å². The van der Waals surface area contributed by atoms with Crippen molar-refractivity contribution in [1.82, 2.24) is 4.90 Å². The molecule has 1 aliphatic heterocycles. The van der Waals surface area contributed by atoms with Crippen LogP contribution >= 0.6 is 0 Å². The van der Waals surface area contributed by atoms with Crippen LogP contribution in [0.2, 0.25) is 0 Å². The number of aliphatic hydroxyl groups excluding tert-OH is 1. The number of carbonyl (C=O) groups is 2. The maximum absolute atomic E-state index is 13.3. The fourth-order valence-corrected chi connectivity index (χ4v) is 4.26. The van der Waals surface area contributed by atoms with Gasteiger partial charge in [0, 0.05) is 5.56 Å². The summed E-state index contributed by atoms with van der Waals surface area (Å²) >= 11 is 0. The molecular formula is C29H31NO7. The van der Waals surface area contributed by atoms with Crippen LogP contribution in [0.5, 0.6) is 17.2 Å². The molecule has 2 aromatic carbocycles. The summed E-state index contributed by atoms with van der Waals surface area (Å²) in [6, 6.07) is 14.5. The Balaban J connectivity index is 1.81. The van der Waals surface area contributed by atoms with Gasteiger partial charge in [0.1, 0.15) is 17.3 Å². The van der Waals surface area contributed by atoms with Crippen LogP contribution in [0.4, 0.5) is 0 Å². The average Bonchev–Trinajstić information content (AvgIpc) is 3.50. The van der Waals surface area contributed by atoms with E-state index in [1.54, 1.807) is 54.6 Å². The van der Waals surface area contributed by atoms with Gasteiger partial charge >= 0.3 is 0 Å². The number of ketones is 1. The minimum Gasteiger partial charge on any atom is -0.507 e. The third-order valence-corrected chi connectivity index (χ3v) is 6.25. The molecule has 3 aromatic rings. The van der Waals surface area contributed by atoms with Gasteiger partial charge in [0.2, 0.25) is 0 Å². The first kappa shape index (κ1) is 25.9.